The second kappa shape index (κ2) is 3.42. The molecule has 3 heteroatoms. The minimum Gasteiger partial charge on any atom is -0.356 e. The molecule has 1 atom stereocenters. The Morgan fingerprint density at radius 1 is 1.50 bits per heavy atom. The van der Waals surface area contributed by atoms with E-state index in [0.717, 1.165) is 23.1 Å². The van der Waals surface area contributed by atoms with Gasteiger partial charge in [-0.25, -0.2) is 0 Å². The summed E-state index contributed by atoms with van der Waals surface area (Å²) in [5, 5.41) is 4.99. The SMILES string of the molecule is Cc1noc2cc(CC(C)N)ccc12. The van der Waals surface area contributed by atoms with E-state index in [9.17, 15) is 0 Å². The molecule has 2 N–H and O–H groups in total. The summed E-state index contributed by atoms with van der Waals surface area (Å²) in [5.74, 6) is 0. The molecule has 0 spiro atoms. The normalized spacial score (nSPS) is 13.4. The zero-order valence-electron chi connectivity index (χ0n) is 8.45. The summed E-state index contributed by atoms with van der Waals surface area (Å²) in [4.78, 5) is 0. The van der Waals surface area contributed by atoms with Gasteiger partial charge in [0.25, 0.3) is 0 Å². The molecule has 0 aliphatic rings. The quantitative estimate of drug-likeness (QED) is 0.788. The fourth-order valence-corrected chi connectivity index (χ4v) is 1.61. The van der Waals surface area contributed by atoms with Gasteiger partial charge in [-0.2, -0.15) is 0 Å². The zero-order valence-corrected chi connectivity index (χ0v) is 8.45. The molecule has 1 heterocycles. The minimum absolute atomic E-state index is 0.177. The lowest BCUT2D eigenvalue weighted by Gasteiger charge is -2.03. The van der Waals surface area contributed by atoms with Crippen LogP contribution in [0.3, 0.4) is 0 Å². The summed E-state index contributed by atoms with van der Waals surface area (Å²) in [6.07, 6.45) is 0.871. The maximum Gasteiger partial charge on any atom is 0.167 e. The Morgan fingerprint density at radius 3 is 3.00 bits per heavy atom. The number of aryl methyl sites for hydroxylation is 1. The molecule has 0 aliphatic heterocycles. The molecule has 1 aromatic heterocycles. The van der Waals surface area contributed by atoms with Gasteiger partial charge in [-0.05, 0) is 38.0 Å². The van der Waals surface area contributed by atoms with Crippen LogP contribution >= 0.6 is 0 Å². The predicted octanol–water partition coefficient (Wildman–Crippen LogP) is 2.03. The van der Waals surface area contributed by atoms with Crippen molar-refractivity contribution in [1.82, 2.24) is 5.16 Å². The van der Waals surface area contributed by atoms with E-state index in [-0.39, 0.29) is 6.04 Å². The van der Waals surface area contributed by atoms with E-state index in [0.29, 0.717) is 0 Å². The monoisotopic (exact) mass is 190 g/mol. The van der Waals surface area contributed by atoms with Crippen LogP contribution in [0.25, 0.3) is 11.0 Å². The van der Waals surface area contributed by atoms with E-state index in [1.807, 2.05) is 26.0 Å². The molecule has 0 radical (unpaired) electrons. The molecular formula is C11H14N2O. The Morgan fingerprint density at radius 2 is 2.29 bits per heavy atom. The average molecular weight is 190 g/mol. The third-order valence-corrected chi connectivity index (χ3v) is 2.27. The van der Waals surface area contributed by atoms with Crippen molar-refractivity contribution in [3.63, 3.8) is 0 Å². The number of nitrogens with zero attached hydrogens (tertiary/aromatic N) is 1. The molecular weight excluding hydrogens is 176 g/mol. The summed E-state index contributed by atoms with van der Waals surface area (Å²) >= 11 is 0. The lowest BCUT2D eigenvalue weighted by molar-refractivity contribution is 0.450. The van der Waals surface area contributed by atoms with Crippen LogP contribution in [0.2, 0.25) is 0 Å². The van der Waals surface area contributed by atoms with Crippen molar-refractivity contribution in [2.45, 2.75) is 26.3 Å². The average Bonchev–Trinajstić information content (AvgIpc) is 2.46. The highest BCUT2D eigenvalue weighted by atomic mass is 16.5. The summed E-state index contributed by atoms with van der Waals surface area (Å²) in [6, 6.07) is 6.31. The van der Waals surface area contributed by atoms with E-state index in [2.05, 4.69) is 11.2 Å². The van der Waals surface area contributed by atoms with E-state index in [1.54, 1.807) is 0 Å². The number of hydrogen-bond acceptors (Lipinski definition) is 3. The van der Waals surface area contributed by atoms with E-state index in [4.69, 9.17) is 10.3 Å². The first kappa shape index (κ1) is 9.21. The molecule has 0 saturated heterocycles. The molecule has 1 unspecified atom stereocenters. The first-order valence-electron chi connectivity index (χ1n) is 4.77. The lowest BCUT2D eigenvalue weighted by atomic mass is 10.1. The summed E-state index contributed by atoms with van der Waals surface area (Å²) < 4.78 is 5.18. The number of benzene rings is 1. The standard InChI is InChI=1S/C11H14N2O/c1-7(12)5-9-3-4-10-8(2)13-14-11(10)6-9/h3-4,6-7H,5,12H2,1-2H3. The van der Waals surface area contributed by atoms with Gasteiger partial charge in [0.2, 0.25) is 0 Å². The van der Waals surface area contributed by atoms with Gasteiger partial charge >= 0.3 is 0 Å². The van der Waals surface area contributed by atoms with Crippen LogP contribution < -0.4 is 5.73 Å². The Hall–Kier alpha value is -1.35. The van der Waals surface area contributed by atoms with Gasteiger partial charge in [0, 0.05) is 11.4 Å². The highest BCUT2D eigenvalue weighted by Crippen LogP contribution is 2.19. The van der Waals surface area contributed by atoms with Gasteiger partial charge in [-0.1, -0.05) is 11.2 Å². The summed E-state index contributed by atoms with van der Waals surface area (Å²) in [7, 11) is 0. The van der Waals surface area contributed by atoms with Crippen molar-refractivity contribution in [1.29, 1.82) is 0 Å². The Kier molecular flexibility index (Phi) is 2.25. The Bertz CT molecular complexity index is 445. The van der Waals surface area contributed by atoms with Crippen LogP contribution in [0, 0.1) is 6.92 Å². The van der Waals surface area contributed by atoms with E-state index in [1.165, 1.54) is 5.56 Å². The maximum absolute atomic E-state index is 5.73. The molecule has 0 aliphatic carbocycles. The van der Waals surface area contributed by atoms with Crippen LogP contribution in [0.4, 0.5) is 0 Å². The van der Waals surface area contributed by atoms with Crippen molar-refractivity contribution in [2.75, 3.05) is 0 Å². The van der Waals surface area contributed by atoms with Gasteiger partial charge < -0.3 is 10.3 Å². The molecule has 0 saturated carbocycles. The number of rotatable bonds is 2. The minimum atomic E-state index is 0.177. The Balaban J connectivity index is 2.42. The number of fused-ring (bicyclic) bond motifs is 1. The van der Waals surface area contributed by atoms with Crippen molar-refractivity contribution in [3.8, 4) is 0 Å². The highest BCUT2D eigenvalue weighted by molar-refractivity contribution is 5.79. The summed E-state index contributed by atoms with van der Waals surface area (Å²) in [5.41, 5.74) is 8.71. The number of hydrogen-bond donors (Lipinski definition) is 1. The van der Waals surface area contributed by atoms with Crippen molar-refractivity contribution in [2.24, 2.45) is 5.73 Å². The van der Waals surface area contributed by atoms with Gasteiger partial charge in [-0.15, -0.1) is 0 Å². The topological polar surface area (TPSA) is 52.0 Å². The molecule has 3 nitrogen and oxygen atoms in total. The first-order chi connectivity index (χ1) is 6.66. The number of aromatic nitrogens is 1. The fourth-order valence-electron chi connectivity index (χ4n) is 1.61. The van der Waals surface area contributed by atoms with Crippen LogP contribution in [0.5, 0.6) is 0 Å². The lowest BCUT2D eigenvalue weighted by Crippen LogP contribution is -2.17. The van der Waals surface area contributed by atoms with Crippen LogP contribution in [-0.4, -0.2) is 11.2 Å². The third kappa shape index (κ3) is 1.63. The van der Waals surface area contributed by atoms with Gasteiger partial charge in [0.1, 0.15) is 0 Å². The van der Waals surface area contributed by atoms with Gasteiger partial charge in [0.05, 0.1) is 5.69 Å². The molecule has 0 fully saturated rings. The zero-order chi connectivity index (χ0) is 10.1. The second-order valence-electron chi connectivity index (χ2n) is 3.78. The van der Waals surface area contributed by atoms with Gasteiger partial charge in [-0.3, -0.25) is 0 Å². The van der Waals surface area contributed by atoms with Crippen LogP contribution in [0.1, 0.15) is 18.2 Å². The third-order valence-electron chi connectivity index (χ3n) is 2.27. The fraction of sp³-hybridized carbons (Fsp3) is 0.364. The smallest absolute Gasteiger partial charge is 0.167 e. The highest BCUT2D eigenvalue weighted by Gasteiger charge is 2.05. The number of nitrogens with two attached hydrogens (primary N) is 1. The summed E-state index contributed by atoms with van der Waals surface area (Å²) in [6.45, 7) is 3.94. The van der Waals surface area contributed by atoms with Crippen LogP contribution in [-0.2, 0) is 6.42 Å². The molecule has 74 valence electrons. The van der Waals surface area contributed by atoms with E-state index < -0.39 is 0 Å². The van der Waals surface area contributed by atoms with Crippen LogP contribution in [0.15, 0.2) is 22.7 Å². The first-order valence-corrected chi connectivity index (χ1v) is 4.77. The maximum atomic E-state index is 5.73. The Labute approximate surface area is 82.9 Å². The molecule has 14 heavy (non-hydrogen) atoms. The molecule has 0 bridgehead atoms. The van der Waals surface area contributed by atoms with Crippen molar-refractivity contribution < 1.29 is 4.52 Å². The second-order valence-corrected chi connectivity index (χ2v) is 3.78. The largest absolute Gasteiger partial charge is 0.356 e. The molecule has 2 rings (SSSR count). The molecule has 2 aromatic rings. The molecule has 0 amide bonds. The molecule has 1 aromatic carbocycles. The van der Waals surface area contributed by atoms with Gasteiger partial charge in [0.15, 0.2) is 5.58 Å². The van der Waals surface area contributed by atoms with E-state index >= 15 is 0 Å². The van der Waals surface area contributed by atoms with Crippen molar-refractivity contribution >= 4 is 11.0 Å². The predicted molar refractivity (Wildman–Crippen MR) is 56.1 cm³/mol. The van der Waals surface area contributed by atoms with Crippen molar-refractivity contribution in [3.05, 3.63) is 29.5 Å².